The van der Waals surface area contributed by atoms with Crippen LogP contribution in [0.25, 0.3) is 0 Å². The molecule has 2 rings (SSSR count). The van der Waals surface area contributed by atoms with Gasteiger partial charge in [0.15, 0.2) is 0 Å². The van der Waals surface area contributed by atoms with Gasteiger partial charge >= 0.3 is 0 Å². The van der Waals surface area contributed by atoms with E-state index in [9.17, 15) is 0 Å². The average Bonchev–Trinajstić information content (AvgIpc) is 2.26. The molecule has 1 heterocycles. The normalized spacial score (nSPS) is 8.68. The molecule has 106 valence electrons. The van der Waals surface area contributed by atoms with Gasteiger partial charge in [-0.1, -0.05) is 29.8 Å². The first-order chi connectivity index (χ1) is 7.68. The van der Waals surface area contributed by atoms with Gasteiger partial charge in [-0.05, 0) is 11.6 Å². The fourth-order valence-corrected chi connectivity index (χ4v) is 1.66. The second-order valence-corrected chi connectivity index (χ2v) is 3.80. The fourth-order valence-electron chi connectivity index (χ4n) is 1.45. The molecule has 0 aliphatic carbocycles. The van der Waals surface area contributed by atoms with Crippen LogP contribution < -0.4 is 11.5 Å². The Bertz CT molecular complexity index is 502. The molecule has 8 heteroatoms. The minimum Gasteiger partial charge on any atom is -0.383 e. The third-order valence-corrected chi connectivity index (χ3v) is 2.71. The molecule has 0 unspecified atom stereocenters. The second-order valence-electron chi connectivity index (χ2n) is 3.39. The number of nitrogens with two attached hydrogens (primary N) is 2. The topological polar surface area (TPSA) is 77.8 Å². The molecule has 0 saturated heterocycles. The maximum atomic E-state index is 6.06. The lowest BCUT2D eigenvalue weighted by Crippen LogP contribution is -2.05. The predicted molar refractivity (Wildman–Crippen MR) is 86.9 cm³/mol. The smallest absolute Gasteiger partial charge is 0.132 e. The largest absolute Gasteiger partial charge is 0.383 e. The van der Waals surface area contributed by atoms with Gasteiger partial charge in [-0.2, -0.15) is 0 Å². The van der Waals surface area contributed by atoms with E-state index in [1.54, 1.807) is 0 Å². The van der Waals surface area contributed by atoms with Crippen LogP contribution in [-0.2, 0) is 6.42 Å². The number of halogens is 4. The molecule has 1 aromatic heterocycles. The van der Waals surface area contributed by atoms with E-state index in [4.69, 9.17) is 23.1 Å². The van der Waals surface area contributed by atoms with Crippen LogP contribution in [0.5, 0.6) is 0 Å². The van der Waals surface area contributed by atoms with Crippen molar-refractivity contribution in [1.82, 2.24) is 9.97 Å². The zero-order valence-electron chi connectivity index (χ0n) is 9.75. The molecule has 0 aliphatic heterocycles. The van der Waals surface area contributed by atoms with Crippen LogP contribution in [0.4, 0.5) is 11.6 Å². The molecule has 2 aromatic rings. The number of aromatic nitrogens is 2. The highest BCUT2D eigenvalue weighted by Crippen LogP contribution is 2.23. The minimum atomic E-state index is 0. The van der Waals surface area contributed by atoms with Crippen molar-refractivity contribution in [3.05, 3.63) is 46.7 Å². The van der Waals surface area contributed by atoms with Gasteiger partial charge in [0, 0.05) is 17.0 Å². The molecular weight excluding hydrogens is 330 g/mol. The summed E-state index contributed by atoms with van der Waals surface area (Å²) in [6.45, 7) is 0. The first kappa shape index (κ1) is 20.4. The highest BCUT2D eigenvalue weighted by molar-refractivity contribution is 6.31. The van der Waals surface area contributed by atoms with Crippen molar-refractivity contribution in [1.29, 1.82) is 0 Å². The van der Waals surface area contributed by atoms with Gasteiger partial charge in [0.2, 0.25) is 0 Å². The lowest BCUT2D eigenvalue weighted by Gasteiger charge is -2.08. The Hall–Kier alpha value is -0.940. The molecule has 0 bridgehead atoms. The van der Waals surface area contributed by atoms with E-state index in [1.807, 2.05) is 24.3 Å². The molecule has 19 heavy (non-hydrogen) atoms. The highest BCUT2D eigenvalue weighted by Gasteiger charge is 2.09. The molecule has 0 radical (unpaired) electrons. The Kier molecular flexibility index (Phi) is 9.70. The van der Waals surface area contributed by atoms with Gasteiger partial charge in [0.1, 0.15) is 18.0 Å². The van der Waals surface area contributed by atoms with Crippen molar-refractivity contribution in [3.63, 3.8) is 0 Å². The van der Waals surface area contributed by atoms with E-state index >= 15 is 0 Å². The molecule has 0 amide bonds. The van der Waals surface area contributed by atoms with Crippen molar-refractivity contribution in [3.8, 4) is 0 Å². The quantitative estimate of drug-likeness (QED) is 0.877. The maximum Gasteiger partial charge on any atom is 0.132 e. The monoisotopic (exact) mass is 342 g/mol. The third kappa shape index (κ3) is 4.91. The van der Waals surface area contributed by atoms with Gasteiger partial charge in [-0.25, -0.2) is 9.97 Å². The summed E-state index contributed by atoms with van der Waals surface area (Å²) in [4.78, 5) is 7.82. The predicted octanol–water partition coefficient (Wildman–Crippen LogP) is 3.15. The van der Waals surface area contributed by atoms with Gasteiger partial charge in [0.25, 0.3) is 0 Å². The number of hydrogen-bond donors (Lipinski definition) is 2. The first-order valence-electron chi connectivity index (χ1n) is 4.76. The molecular formula is C11H14Cl4N4. The fraction of sp³-hybridized carbons (Fsp3) is 0.0909. The van der Waals surface area contributed by atoms with Crippen LogP contribution in [0.3, 0.4) is 0 Å². The lowest BCUT2D eigenvalue weighted by molar-refractivity contribution is 1.09. The summed E-state index contributed by atoms with van der Waals surface area (Å²) in [5.41, 5.74) is 13.2. The number of anilines is 2. The van der Waals surface area contributed by atoms with E-state index < -0.39 is 0 Å². The number of benzene rings is 1. The maximum absolute atomic E-state index is 6.06. The van der Waals surface area contributed by atoms with Gasteiger partial charge in [-0.15, -0.1) is 37.2 Å². The van der Waals surface area contributed by atoms with Crippen molar-refractivity contribution in [2.45, 2.75) is 6.42 Å². The zero-order chi connectivity index (χ0) is 11.5. The van der Waals surface area contributed by atoms with Crippen molar-refractivity contribution >= 4 is 60.5 Å². The summed E-state index contributed by atoms with van der Waals surface area (Å²) in [7, 11) is 0. The average molecular weight is 344 g/mol. The van der Waals surface area contributed by atoms with Crippen LogP contribution in [0.2, 0.25) is 5.02 Å². The Morgan fingerprint density at radius 3 is 2.00 bits per heavy atom. The van der Waals surface area contributed by atoms with Crippen molar-refractivity contribution in [2.24, 2.45) is 0 Å². The summed E-state index contributed by atoms with van der Waals surface area (Å²) < 4.78 is 0. The minimum absolute atomic E-state index is 0. The third-order valence-electron chi connectivity index (χ3n) is 2.34. The molecule has 0 fully saturated rings. The van der Waals surface area contributed by atoms with Gasteiger partial charge in [-0.3, -0.25) is 0 Å². The summed E-state index contributed by atoms with van der Waals surface area (Å²) in [5.74, 6) is 0.792. The van der Waals surface area contributed by atoms with Crippen LogP contribution in [0.15, 0.2) is 30.6 Å². The van der Waals surface area contributed by atoms with Crippen LogP contribution in [0.1, 0.15) is 11.1 Å². The van der Waals surface area contributed by atoms with Crippen molar-refractivity contribution < 1.29 is 0 Å². The number of rotatable bonds is 2. The Morgan fingerprint density at radius 2 is 1.47 bits per heavy atom. The van der Waals surface area contributed by atoms with Crippen LogP contribution in [-0.4, -0.2) is 9.97 Å². The number of hydrogen-bond acceptors (Lipinski definition) is 4. The van der Waals surface area contributed by atoms with E-state index in [0.717, 1.165) is 11.1 Å². The number of nitrogens with zero attached hydrogens (tertiary/aromatic N) is 2. The number of nitrogen functional groups attached to an aromatic ring is 2. The van der Waals surface area contributed by atoms with Crippen LogP contribution in [0, 0.1) is 0 Å². The molecule has 4 nitrogen and oxygen atoms in total. The molecule has 0 spiro atoms. The SMILES string of the molecule is Cl.Cl.Cl.Nc1ncnc(N)c1Cc1ccccc1Cl. The molecule has 0 atom stereocenters. The molecule has 1 aromatic carbocycles. The lowest BCUT2D eigenvalue weighted by atomic mass is 10.1. The van der Waals surface area contributed by atoms with E-state index in [-0.39, 0.29) is 37.2 Å². The van der Waals surface area contributed by atoms with Gasteiger partial charge in [0.05, 0.1) is 0 Å². The van der Waals surface area contributed by atoms with Gasteiger partial charge < -0.3 is 11.5 Å². The highest BCUT2D eigenvalue weighted by atomic mass is 35.5. The second kappa shape index (κ2) is 9.04. The van der Waals surface area contributed by atoms with E-state index in [0.29, 0.717) is 23.1 Å². The molecule has 4 N–H and O–H groups in total. The van der Waals surface area contributed by atoms with E-state index in [2.05, 4.69) is 9.97 Å². The first-order valence-corrected chi connectivity index (χ1v) is 5.14. The summed E-state index contributed by atoms with van der Waals surface area (Å²) >= 11 is 6.06. The Morgan fingerprint density at radius 1 is 0.947 bits per heavy atom. The zero-order valence-corrected chi connectivity index (χ0v) is 13.0. The summed E-state index contributed by atoms with van der Waals surface area (Å²) in [6, 6.07) is 7.54. The Labute approximate surface area is 135 Å². The molecule has 0 saturated carbocycles. The summed E-state index contributed by atoms with van der Waals surface area (Å²) in [6.07, 6.45) is 1.89. The standard InChI is InChI=1S/C11H11ClN4.3ClH/c12-9-4-2-1-3-7(9)5-8-10(13)15-6-16-11(8)14;;;/h1-4,6H,5H2,(H4,13,14,15,16);3*1H. The van der Waals surface area contributed by atoms with E-state index in [1.165, 1.54) is 6.33 Å². The molecule has 0 aliphatic rings. The van der Waals surface area contributed by atoms with Crippen LogP contribution >= 0.6 is 48.8 Å². The Balaban J connectivity index is 0. The van der Waals surface area contributed by atoms with Crippen molar-refractivity contribution in [2.75, 3.05) is 11.5 Å². The summed E-state index contributed by atoms with van der Waals surface area (Å²) in [5, 5.41) is 0.685.